The molecular weight excluding hydrogens is 150 g/mol. The van der Waals surface area contributed by atoms with Crippen LogP contribution in [0, 0.1) is 0 Å². The average Bonchev–Trinajstić information content (AvgIpc) is 2.23. The van der Waals surface area contributed by atoms with Gasteiger partial charge in [0.2, 0.25) is 6.41 Å². The molecule has 0 bridgehead atoms. The summed E-state index contributed by atoms with van der Waals surface area (Å²) >= 11 is 0. The molecule has 1 N–H and O–H groups in total. The SMILES string of the molecule is CC.[2H]C(NC=O)c1ccccc1. The molecule has 66 valence electrons. The average molecular weight is 166 g/mol. The van der Waals surface area contributed by atoms with E-state index in [0.29, 0.717) is 6.41 Å². The number of carbonyl (C=O) groups excluding carboxylic acids is 1. The summed E-state index contributed by atoms with van der Waals surface area (Å²) in [5.74, 6) is 0. The van der Waals surface area contributed by atoms with Crippen LogP contribution in [0.5, 0.6) is 0 Å². The fourth-order valence-electron chi connectivity index (χ4n) is 0.680. The molecule has 0 spiro atoms. The molecule has 2 nitrogen and oxygen atoms in total. The number of rotatable bonds is 3. The van der Waals surface area contributed by atoms with E-state index in [1.807, 2.05) is 32.0 Å². The van der Waals surface area contributed by atoms with Gasteiger partial charge in [0.15, 0.2) is 0 Å². The molecule has 1 aromatic rings. The number of nitrogens with one attached hydrogen (secondary N) is 1. The van der Waals surface area contributed by atoms with Crippen LogP contribution in [0.4, 0.5) is 0 Å². The molecule has 1 aromatic carbocycles. The Bertz CT molecular complexity index is 226. The maximum atomic E-state index is 9.96. The van der Waals surface area contributed by atoms with Gasteiger partial charge in [-0.1, -0.05) is 44.2 Å². The highest BCUT2D eigenvalue weighted by atomic mass is 16.1. The van der Waals surface area contributed by atoms with Gasteiger partial charge in [0.1, 0.15) is 0 Å². The highest BCUT2D eigenvalue weighted by molar-refractivity contribution is 5.46. The van der Waals surface area contributed by atoms with Crippen molar-refractivity contribution in [2.45, 2.75) is 20.4 Å². The van der Waals surface area contributed by atoms with Crippen molar-refractivity contribution in [1.29, 1.82) is 0 Å². The van der Waals surface area contributed by atoms with Crippen molar-refractivity contribution in [2.24, 2.45) is 0 Å². The second-order valence-corrected chi connectivity index (χ2v) is 1.84. The van der Waals surface area contributed by atoms with E-state index in [-0.39, 0.29) is 0 Å². The van der Waals surface area contributed by atoms with Crippen molar-refractivity contribution in [1.82, 2.24) is 5.32 Å². The van der Waals surface area contributed by atoms with Gasteiger partial charge in [0, 0.05) is 6.52 Å². The molecule has 0 saturated carbocycles. The molecule has 1 atom stereocenters. The summed E-state index contributed by atoms with van der Waals surface area (Å²) in [4.78, 5) is 9.96. The molecule has 0 fully saturated rings. The van der Waals surface area contributed by atoms with Gasteiger partial charge in [-0.05, 0) is 5.56 Å². The largest absolute Gasteiger partial charge is 0.355 e. The predicted molar refractivity (Wildman–Crippen MR) is 50.7 cm³/mol. The number of benzene rings is 1. The Balaban J connectivity index is 0.000000671. The van der Waals surface area contributed by atoms with Crippen LogP contribution in [0.3, 0.4) is 0 Å². The smallest absolute Gasteiger partial charge is 0.207 e. The number of amides is 1. The molecule has 0 saturated heterocycles. The summed E-state index contributed by atoms with van der Waals surface area (Å²) in [6.45, 7) is 3.36. The van der Waals surface area contributed by atoms with E-state index >= 15 is 0 Å². The van der Waals surface area contributed by atoms with Crippen LogP contribution in [0.1, 0.15) is 20.8 Å². The van der Waals surface area contributed by atoms with Crippen molar-refractivity contribution >= 4 is 6.41 Å². The van der Waals surface area contributed by atoms with Gasteiger partial charge in [0.25, 0.3) is 0 Å². The molecule has 1 rings (SSSR count). The van der Waals surface area contributed by atoms with E-state index in [1.165, 1.54) is 0 Å². The lowest BCUT2D eigenvalue weighted by molar-refractivity contribution is -0.109. The Morgan fingerprint density at radius 1 is 1.42 bits per heavy atom. The van der Waals surface area contributed by atoms with Crippen LogP contribution in [0.25, 0.3) is 0 Å². The van der Waals surface area contributed by atoms with Gasteiger partial charge >= 0.3 is 0 Å². The molecule has 0 aromatic heterocycles. The van der Waals surface area contributed by atoms with E-state index in [1.54, 1.807) is 12.1 Å². The Kier molecular flexibility index (Phi) is 5.70. The van der Waals surface area contributed by atoms with Crippen molar-refractivity contribution in [3.63, 3.8) is 0 Å². The lowest BCUT2D eigenvalue weighted by atomic mass is 10.2. The van der Waals surface area contributed by atoms with Crippen molar-refractivity contribution < 1.29 is 6.17 Å². The van der Waals surface area contributed by atoms with Gasteiger partial charge in [-0.25, -0.2) is 0 Å². The monoisotopic (exact) mass is 166 g/mol. The minimum Gasteiger partial charge on any atom is -0.355 e. The predicted octanol–water partition coefficient (Wildman–Crippen LogP) is 1.96. The molecule has 0 radical (unpaired) electrons. The van der Waals surface area contributed by atoms with E-state index in [0.717, 1.165) is 5.56 Å². The van der Waals surface area contributed by atoms with Crippen molar-refractivity contribution in [3.8, 4) is 0 Å². The molecule has 0 aliphatic rings. The van der Waals surface area contributed by atoms with Crippen LogP contribution in [-0.4, -0.2) is 6.41 Å². The van der Waals surface area contributed by atoms with Crippen LogP contribution < -0.4 is 5.32 Å². The number of hydrogen-bond acceptors (Lipinski definition) is 1. The maximum Gasteiger partial charge on any atom is 0.207 e. The second kappa shape index (κ2) is 7.79. The molecule has 1 amide bonds. The van der Waals surface area contributed by atoms with Gasteiger partial charge in [-0.15, -0.1) is 0 Å². The summed E-state index contributed by atoms with van der Waals surface area (Å²) in [5.41, 5.74) is 0.791. The molecule has 2 heteroatoms. The Morgan fingerprint density at radius 3 is 2.50 bits per heavy atom. The number of hydrogen-bond donors (Lipinski definition) is 1. The minimum atomic E-state index is -0.645. The third kappa shape index (κ3) is 4.50. The van der Waals surface area contributed by atoms with Crippen molar-refractivity contribution in [3.05, 3.63) is 35.9 Å². The topological polar surface area (TPSA) is 29.1 Å². The van der Waals surface area contributed by atoms with Crippen LogP contribution in [-0.2, 0) is 11.3 Å². The van der Waals surface area contributed by atoms with Crippen LogP contribution >= 0.6 is 0 Å². The van der Waals surface area contributed by atoms with E-state index in [9.17, 15) is 4.79 Å². The third-order valence-corrected chi connectivity index (χ3v) is 1.12. The van der Waals surface area contributed by atoms with Gasteiger partial charge in [0.05, 0.1) is 1.37 Å². The van der Waals surface area contributed by atoms with Crippen LogP contribution in [0.2, 0.25) is 0 Å². The zero-order valence-electron chi connectivity index (χ0n) is 8.45. The summed E-state index contributed by atoms with van der Waals surface area (Å²) in [6.07, 6.45) is 0.532. The van der Waals surface area contributed by atoms with Crippen LogP contribution in [0.15, 0.2) is 30.3 Å². The zero-order valence-corrected chi connectivity index (χ0v) is 7.45. The first-order chi connectivity index (χ1) is 6.34. The highest BCUT2D eigenvalue weighted by Crippen LogP contribution is 1.95. The van der Waals surface area contributed by atoms with Gasteiger partial charge in [-0.3, -0.25) is 4.79 Å². The Hall–Kier alpha value is -1.31. The first-order valence-corrected chi connectivity index (χ1v) is 4.01. The van der Waals surface area contributed by atoms with Gasteiger partial charge in [-0.2, -0.15) is 0 Å². The first-order valence-electron chi connectivity index (χ1n) is 4.59. The summed E-state index contributed by atoms with van der Waals surface area (Å²) in [7, 11) is 0. The minimum absolute atomic E-state index is 0.532. The lowest BCUT2D eigenvalue weighted by Crippen LogP contribution is -2.09. The summed E-state index contributed by atoms with van der Waals surface area (Å²) < 4.78 is 7.37. The molecule has 0 heterocycles. The molecular formula is C10H15NO. The van der Waals surface area contributed by atoms with Crippen molar-refractivity contribution in [2.75, 3.05) is 0 Å². The lowest BCUT2D eigenvalue weighted by Gasteiger charge is -1.96. The standard InChI is InChI=1S/C8H9NO.C2H6/c10-7-9-6-8-4-2-1-3-5-8;1-2/h1-5,7H,6H2,(H,9,10);1-2H3/i6D;. The second-order valence-electron chi connectivity index (χ2n) is 1.84. The molecule has 0 aliphatic carbocycles. The van der Waals surface area contributed by atoms with E-state index < -0.39 is 6.52 Å². The third-order valence-electron chi connectivity index (χ3n) is 1.12. The molecule has 0 aliphatic heterocycles. The normalized spacial score (nSPS) is 11.7. The zero-order chi connectivity index (χ0) is 10.1. The van der Waals surface area contributed by atoms with Gasteiger partial charge < -0.3 is 5.32 Å². The Labute approximate surface area is 75.0 Å². The fourth-order valence-corrected chi connectivity index (χ4v) is 0.680. The van der Waals surface area contributed by atoms with E-state index in [2.05, 4.69) is 5.32 Å². The number of carbonyl (C=O) groups is 1. The van der Waals surface area contributed by atoms with E-state index in [4.69, 9.17) is 1.37 Å². The first kappa shape index (κ1) is 8.78. The fraction of sp³-hybridized carbons (Fsp3) is 0.300. The summed E-state index contributed by atoms with van der Waals surface area (Å²) in [5, 5.41) is 2.35. The quantitative estimate of drug-likeness (QED) is 0.683. The Morgan fingerprint density at radius 2 is 2.00 bits per heavy atom. The summed E-state index contributed by atoms with van der Waals surface area (Å²) in [6, 6.07) is 9.15. The molecule has 1 unspecified atom stereocenters. The maximum absolute atomic E-state index is 9.96. The molecule has 12 heavy (non-hydrogen) atoms. The highest BCUT2D eigenvalue weighted by Gasteiger charge is 1.85.